The lowest BCUT2D eigenvalue weighted by atomic mass is 10.3. The Balaban J connectivity index is 2.94. The van der Waals surface area contributed by atoms with Gasteiger partial charge in [0.2, 0.25) is 5.96 Å². The number of guanidine groups is 1. The van der Waals surface area contributed by atoms with E-state index in [9.17, 15) is 4.39 Å². The van der Waals surface area contributed by atoms with Gasteiger partial charge >= 0.3 is 0 Å². The van der Waals surface area contributed by atoms with Gasteiger partial charge in [0.25, 0.3) is 0 Å². The highest BCUT2D eigenvalue weighted by molar-refractivity contribution is 6.33. The number of nitrogens with two attached hydrogens (primary N) is 1. The second-order valence-electron chi connectivity index (χ2n) is 3.44. The molecular weight excluding hydrogens is 231 g/mol. The summed E-state index contributed by atoms with van der Waals surface area (Å²) in [6.07, 6.45) is 0. The van der Waals surface area contributed by atoms with Crippen LogP contribution in [0.5, 0.6) is 0 Å². The van der Waals surface area contributed by atoms with Gasteiger partial charge in [0.05, 0.1) is 10.7 Å². The summed E-state index contributed by atoms with van der Waals surface area (Å²) < 4.78 is 13.4. The molecule has 0 aliphatic carbocycles. The minimum atomic E-state index is -0.459. The van der Waals surface area contributed by atoms with Crippen molar-refractivity contribution in [2.24, 2.45) is 10.8 Å². The number of hydrogen-bond donors (Lipinski definition) is 3. The van der Waals surface area contributed by atoms with E-state index in [0.29, 0.717) is 0 Å². The number of nitrogens with one attached hydrogen (secondary N) is 2. The molecule has 0 aliphatic heterocycles. The monoisotopic (exact) mass is 244 g/mol. The maximum absolute atomic E-state index is 13.4. The van der Waals surface area contributed by atoms with Crippen molar-refractivity contribution >= 4 is 23.2 Å². The number of hydrogen-bond acceptors (Lipinski definition) is 2. The van der Waals surface area contributed by atoms with Crippen molar-refractivity contribution in [2.75, 3.05) is 5.32 Å². The molecule has 0 unspecified atom stereocenters. The van der Waals surface area contributed by atoms with Gasteiger partial charge in [0.15, 0.2) is 0 Å². The summed E-state index contributed by atoms with van der Waals surface area (Å²) in [4.78, 5) is 4.12. The highest BCUT2D eigenvalue weighted by atomic mass is 35.5. The predicted molar refractivity (Wildman–Crippen MR) is 64.9 cm³/mol. The zero-order valence-corrected chi connectivity index (χ0v) is 9.85. The molecule has 4 N–H and O–H groups in total. The van der Waals surface area contributed by atoms with Crippen LogP contribution >= 0.6 is 11.6 Å². The highest BCUT2D eigenvalue weighted by Gasteiger charge is 2.08. The molecule has 6 heteroatoms. The van der Waals surface area contributed by atoms with Crippen LogP contribution in [0.15, 0.2) is 23.2 Å². The summed E-state index contributed by atoms with van der Waals surface area (Å²) in [6.45, 7) is 3.75. The molecule has 0 bridgehead atoms. The zero-order chi connectivity index (χ0) is 12.1. The molecule has 1 aromatic carbocycles. The van der Waals surface area contributed by atoms with Crippen molar-refractivity contribution in [3.63, 3.8) is 0 Å². The van der Waals surface area contributed by atoms with Gasteiger partial charge in [-0.05, 0) is 26.0 Å². The first kappa shape index (κ1) is 12.7. The fraction of sp³-hybridized carbons (Fsp3) is 0.300. The Bertz CT molecular complexity index is 372. The molecule has 0 aliphatic rings. The first-order chi connectivity index (χ1) is 7.54. The lowest BCUT2D eigenvalue weighted by molar-refractivity contribution is 0.632. The van der Waals surface area contributed by atoms with E-state index in [1.54, 1.807) is 6.07 Å². The van der Waals surface area contributed by atoms with Gasteiger partial charge in [-0.15, -0.1) is 0 Å². The Morgan fingerprint density at radius 1 is 1.50 bits per heavy atom. The van der Waals surface area contributed by atoms with E-state index in [1.165, 1.54) is 12.1 Å². The highest BCUT2D eigenvalue weighted by Crippen LogP contribution is 2.24. The Morgan fingerprint density at radius 2 is 2.19 bits per heavy atom. The van der Waals surface area contributed by atoms with Crippen molar-refractivity contribution in [2.45, 2.75) is 19.9 Å². The molecule has 0 spiro atoms. The van der Waals surface area contributed by atoms with E-state index >= 15 is 0 Å². The number of rotatable bonds is 2. The van der Waals surface area contributed by atoms with E-state index in [-0.39, 0.29) is 22.7 Å². The predicted octanol–water partition coefficient (Wildman–Crippen LogP) is 2.12. The van der Waals surface area contributed by atoms with E-state index in [2.05, 4.69) is 15.7 Å². The van der Waals surface area contributed by atoms with E-state index < -0.39 is 5.82 Å². The average molecular weight is 245 g/mol. The number of aliphatic imine (C=N–C) groups is 1. The molecule has 0 atom stereocenters. The molecular formula is C10H14ClFN4. The Kier molecular flexibility index (Phi) is 4.52. The van der Waals surface area contributed by atoms with Gasteiger partial charge < -0.3 is 5.32 Å². The largest absolute Gasteiger partial charge is 0.322 e. The van der Waals surface area contributed by atoms with Gasteiger partial charge in [-0.2, -0.15) is 0 Å². The van der Waals surface area contributed by atoms with E-state index in [1.807, 2.05) is 13.8 Å². The summed E-state index contributed by atoms with van der Waals surface area (Å²) in [5, 5.41) is 2.97. The van der Waals surface area contributed by atoms with Gasteiger partial charge in [-0.25, -0.2) is 15.2 Å². The first-order valence-corrected chi connectivity index (χ1v) is 5.18. The number of benzene rings is 1. The molecule has 1 rings (SSSR count). The fourth-order valence-corrected chi connectivity index (χ4v) is 1.31. The Labute approximate surface area is 98.7 Å². The molecule has 16 heavy (non-hydrogen) atoms. The van der Waals surface area contributed by atoms with Gasteiger partial charge in [0.1, 0.15) is 5.82 Å². The van der Waals surface area contributed by atoms with Crippen molar-refractivity contribution in [3.05, 3.63) is 29.0 Å². The number of nitrogens with zero attached hydrogens (tertiary/aromatic N) is 1. The van der Waals surface area contributed by atoms with Crippen LogP contribution in [-0.4, -0.2) is 12.0 Å². The molecule has 88 valence electrons. The summed E-state index contributed by atoms with van der Waals surface area (Å²) >= 11 is 5.84. The van der Waals surface area contributed by atoms with Crippen molar-refractivity contribution in [1.29, 1.82) is 0 Å². The zero-order valence-electron chi connectivity index (χ0n) is 9.09. The van der Waals surface area contributed by atoms with E-state index in [0.717, 1.165) is 0 Å². The Hall–Kier alpha value is -1.33. The third-order valence-electron chi connectivity index (χ3n) is 1.73. The summed E-state index contributed by atoms with van der Waals surface area (Å²) in [7, 11) is 0. The number of hydrazine groups is 1. The lowest BCUT2D eigenvalue weighted by Gasteiger charge is -2.12. The second-order valence-corrected chi connectivity index (χ2v) is 3.84. The van der Waals surface area contributed by atoms with Crippen LogP contribution in [0, 0.1) is 5.82 Å². The smallest absolute Gasteiger partial charge is 0.210 e. The standard InChI is InChI=1S/C10H14ClFN4/c1-6(2)14-10(16-13)15-9-7(11)4-3-5-8(9)12/h3-6H,13H2,1-2H3,(H2,14,15,16). The molecule has 4 nitrogen and oxygen atoms in total. The van der Waals surface area contributed by atoms with Gasteiger partial charge in [-0.1, -0.05) is 17.7 Å². The number of para-hydroxylation sites is 1. The maximum atomic E-state index is 13.4. The fourth-order valence-electron chi connectivity index (χ4n) is 1.10. The van der Waals surface area contributed by atoms with Crippen LogP contribution < -0.4 is 16.6 Å². The molecule has 0 amide bonds. The molecule has 0 heterocycles. The molecule has 1 aromatic rings. The third kappa shape index (κ3) is 3.36. The number of halogens is 2. The van der Waals surface area contributed by atoms with Gasteiger partial charge in [0, 0.05) is 6.04 Å². The topological polar surface area (TPSA) is 62.4 Å². The van der Waals surface area contributed by atoms with Crippen LogP contribution in [0.4, 0.5) is 10.1 Å². The minimum absolute atomic E-state index is 0.0316. The van der Waals surface area contributed by atoms with Crippen molar-refractivity contribution in [1.82, 2.24) is 5.43 Å². The summed E-state index contributed by atoms with van der Waals surface area (Å²) in [6, 6.07) is 4.44. The number of anilines is 1. The minimum Gasteiger partial charge on any atom is -0.322 e. The summed E-state index contributed by atoms with van der Waals surface area (Å²) in [5.41, 5.74) is 2.50. The molecule has 0 fully saturated rings. The van der Waals surface area contributed by atoms with Crippen LogP contribution in [0.1, 0.15) is 13.8 Å². The summed E-state index contributed by atoms with van der Waals surface area (Å²) in [5.74, 6) is 5.07. The first-order valence-electron chi connectivity index (χ1n) is 4.80. The van der Waals surface area contributed by atoms with Crippen molar-refractivity contribution < 1.29 is 4.39 Å². The molecule has 0 aromatic heterocycles. The normalized spacial score (nSPS) is 11.8. The molecule has 0 saturated heterocycles. The van der Waals surface area contributed by atoms with Crippen LogP contribution in [0.3, 0.4) is 0 Å². The second kappa shape index (κ2) is 5.67. The van der Waals surface area contributed by atoms with Gasteiger partial charge in [-0.3, -0.25) is 5.43 Å². The molecule has 0 radical (unpaired) electrons. The lowest BCUT2D eigenvalue weighted by Crippen LogP contribution is -2.37. The quantitative estimate of drug-likeness (QED) is 0.323. The maximum Gasteiger partial charge on any atom is 0.210 e. The SMILES string of the molecule is CC(C)N=C(NN)Nc1c(F)cccc1Cl. The average Bonchev–Trinajstić information content (AvgIpc) is 2.21. The molecule has 0 saturated carbocycles. The van der Waals surface area contributed by atoms with E-state index in [4.69, 9.17) is 17.4 Å². The van der Waals surface area contributed by atoms with Crippen molar-refractivity contribution in [3.8, 4) is 0 Å². The van der Waals surface area contributed by atoms with Crippen LogP contribution in [-0.2, 0) is 0 Å². The van der Waals surface area contributed by atoms with Crippen LogP contribution in [0.2, 0.25) is 5.02 Å². The van der Waals surface area contributed by atoms with Crippen LogP contribution in [0.25, 0.3) is 0 Å². The Morgan fingerprint density at radius 3 is 2.69 bits per heavy atom. The third-order valence-corrected chi connectivity index (χ3v) is 2.05.